The maximum Gasteiger partial charge on any atom is 0.354 e. The van der Waals surface area contributed by atoms with Crippen molar-refractivity contribution < 1.29 is 14.6 Å². The Morgan fingerprint density at radius 1 is 1.47 bits per heavy atom. The van der Waals surface area contributed by atoms with Crippen LogP contribution in [0.4, 0.5) is 0 Å². The standard InChI is InChI=1S/C13H15N3O3/c1-3-16-10(6-9(2)15-16)8-19-11-4-5-12(13(17)18)14-7-11/h4-7H,3,8H2,1-2H3,(H,17,18). The molecule has 0 radical (unpaired) electrons. The molecular weight excluding hydrogens is 246 g/mol. The summed E-state index contributed by atoms with van der Waals surface area (Å²) in [6.07, 6.45) is 1.41. The number of carboxylic acids is 1. The Labute approximate surface area is 110 Å². The molecule has 0 fully saturated rings. The third-order valence-electron chi connectivity index (χ3n) is 2.63. The molecule has 0 aliphatic heterocycles. The van der Waals surface area contributed by atoms with E-state index in [4.69, 9.17) is 9.84 Å². The van der Waals surface area contributed by atoms with E-state index in [1.807, 2.05) is 24.6 Å². The van der Waals surface area contributed by atoms with Crippen LogP contribution in [-0.2, 0) is 13.2 Å². The normalized spacial score (nSPS) is 10.4. The molecule has 6 heteroatoms. The highest BCUT2D eigenvalue weighted by Gasteiger charge is 2.07. The van der Waals surface area contributed by atoms with Gasteiger partial charge >= 0.3 is 5.97 Å². The maximum atomic E-state index is 10.7. The number of nitrogens with zero attached hydrogens (tertiary/aromatic N) is 3. The Morgan fingerprint density at radius 2 is 2.26 bits per heavy atom. The van der Waals surface area contributed by atoms with E-state index in [2.05, 4.69) is 10.1 Å². The van der Waals surface area contributed by atoms with Crippen LogP contribution >= 0.6 is 0 Å². The van der Waals surface area contributed by atoms with Crippen molar-refractivity contribution in [2.75, 3.05) is 0 Å². The number of carbonyl (C=O) groups is 1. The quantitative estimate of drug-likeness (QED) is 0.889. The number of rotatable bonds is 5. The van der Waals surface area contributed by atoms with Crippen molar-refractivity contribution in [3.8, 4) is 5.75 Å². The average molecular weight is 261 g/mol. The highest BCUT2D eigenvalue weighted by molar-refractivity contribution is 5.85. The second kappa shape index (κ2) is 5.51. The van der Waals surface area contributed by atoms with Crippen LogP contribution in [0.5, 0.6) is 5.75 Å². The predicted octanol–water partition coefficient (Wildman–Crippen LogP) is 1.88. The third-order valence-corrected chi connectivity index (χ3v) is 2.63. The van der Waals surface area contributed by atoms with Crippen LogP contribution < -0.4 is 4.74 Å². The van der Waals surface area contributed by atoms with Crippen molar-refractivity contribution in [2.24, 2.45) is 0 Å². The summed E-state index contributed by atoms with van der Waals surface area (Å²) in [6, 6.07) is 4.97. The van der Waals surface area contributed by atoms with Crippen molar-refractivity contribution in [1.29, 1.82) is 0 Å². The maximum absolute atomic E-state index is 10.7. The van der Waals surface area contributed by atoms with Gasteiger partial charge < -0.3 is 9.84 Å². The zero-order valence-corrected chi connectivity index (χ0v) is 10.8. The summed E-state index contributed by atoms with van der Waals surface area (Å²) in [7, 11) is 0. The average Bonchev–Trinajstić information content (AvgIpc) is 2.77. The molecule has 2 aromatic rings. The van der Waals surface area contributed by atoms with E-state index in [-0.39, 0.29) is 5.69 Å². The van der Waals surface area contributed by atoms with Crippen LogP contribution in [0.3, 0.4) is 0 Å². The minimum Gasteiger partial charge on any atom is -0.486 e. The van der Waals surface area contributed by atoms with Crippen molar-refractivity contribution in [2.45, 2.75) is 27.0 Å². The Balaban J connectivity index is 2.03. The first kappa shape index (κ1) is 13.1. The lowest BCUT2D eigenvalue weighted by atomic mass is 10.3. The summed E-state index contributed by atoms with van der Waals surface area (Å²) in [4.78, 5) is 14.5. The van der Waals surface area contributed by atoms with Crippen LogP contribution in [0.2, 0.25) is 0 Å². The zero-order valence-electron chi connectivity index (χ0n) is 10.8. The number of pyridine rings is 1. The van der Waals surface area contributed by atoms with Gasteiger partial charge in [0.2, 0.25) is 0 Å². The Bertz CT molecular complexity index is 575. The van der Waals surface area contributed by atoms with Gasteiger partial charge in [-0.15, -0.1) is 0 Å². The van der Waals surface area contributed by atoms with Gasteiger partial charge in [0.15, 0.2) is 0 Å². The SMILES string of the molecule is CCn1nc(C)cc1COc1ccc(C(=O)O)nc1. The molecule has 0 aliphatic carbocycles. The Kier molecular flexibility index (Phi) is 3.79. The van der Waals surface area contributed by atoms with Crippen LogP contribution in [0.15, 0.2) is 24.4 Å². The molecule has 0 amide bonds. The molecule has 0 saturated carbocycles. The molecule has 2 aromatic heterocycles. The number of aryl methyl sites for hydroxylation is 2. The molecule has 6 nitrogen and oxygen atoms in total. The molecule has 0 aliphatic rings. The van der Waals surface area contributed by atoms with Gasteiger partial charge in [-0.3, -0.25) is 4.68 Å². The third kappa shape index (κ3) is 3.09. The summed E-state index contributed by atoms with van der Waals surface area (Å²) < 4.78 is 7.44. The van der Waals surface area contributed by atoms with Crippen molar-refractivity contribution in [1.82, 2.24) is 14.8 Å². The van der Waals surface area contributed by atoms with Gasteiger partial charge in [0.1, 0.15) is 18.1 Å². The van der Waals surface area contributed by atoms with Crippen molar-refractivity contribution in [3.63, 3.8) is 0 Å². The predicted molar refractivity (Wildman–Crippen MR) is 68.2 cm³/mol. The molecule has 19 heavy (non-hydrogen) atoms. The lowest BCUT2D eigenvalue weighted by Gasteiger charge is -2.07. The summed E-state index contributed by atoms with van der Waals surface area (Å²) in [5, 5.41) is 13.1. The molecule has 2 heterocycles. The highest BCUT2D eigenvalue weighted by atomic mass is 16.5. The summed E-state index contributed by atoms with van der Waals surface area (Å²) in [6.45, 7) is 5.10. The number of aromatic carboxylic acids is 1. The lowest BCUT2D eigenvalue weighted by molar-refractivity contribution is 0.0690. The van der Waals surface area contributed by atoms with Gasteiger partial charge in [0, 0.05) is 6.54 Å². The summed E-state index contributed by atoms with van der Waals surface area (Å²) >= 11 is 0. The Morgan fingerprint density at radius 3 is 2.84 bits per heavy atom. The fraction of sp³-hybridized carbons (Fsp3) is 0.308. The zero-order chi connectivity index (χ0) is 13.8. The van der Waals surface area contributed by atoms with Crippen LogP contribution in [0.1, 0.15) is 28.8 Å². The molecular formula is C13H15N3O3. The largest absolute Gasteiger partial charge is 0.486 e. The number of aromatic nitrogens is 3. The number of hydrogen-bond donors (Lipinski definition) is 1. The fourth-order valence-corrected chi connectivity index (χ4v) is 1.74. The summed E-state index contributed by atoms with van der Waals surface area (Å²) in [5.74, 6) is -0.516. The second-order valence-corrected chi connectivity index (χ2v) is 4.07. The van der Waals surface area contributed by atoms with E-state index in [1.54, 1.807) is 6.07 Å². The van der Waals surface area contributed by atoms with Gasteiger partial charge in [-0.1, -0.05) is 0 Å². The first-order chi connectivity index (χ1) is 9.10. The monoisotopic (exact) mass is 261 g/mol. The van der Waals surface area contributed by atoms with Crippen molar-refractivity contribution in [3.05, 3.63) is 41.5 Å². The van der Waals surface area contributed by atoms with Gasteiger partial charge in [0.05, 0.1) is 17.6 Å². The van der Waals surface area contributed by atoms with Crippen molar-refractivity contribution >= 4 is 5.97 Å². The fourth-order valence-electron chi connectivity index (χ4n) is 1.74. The molecule has 0 saturated heterocycles. The summed E-state index contributed by atoms with van der Waals surface area (Å²) in [5.41, 5.74) is 1.92. The minimum atomic E-state index is -1.05. The van der Waals surface area contributed by atoms with Gasteiger partial charge in [-0.2, -0.15) is 5.10 Å². The highest BCUT2D eigenvalue weighted by Crippen LogP contribution is 2.12. The van der Waals surface area contributed by atoms with Gasteiger partial charge in [-0.25, -0.2) is 9.78 Å². The van der Waals surface area contributed by atoms with Crippen LogP contribution in [0.25, 0.3) is 0 Å². The first-order valence-corrected chi connectivity index (χ1v) is 5.95. The second-order valence-electron chi connectivity index (χ2n) is 4.07. The topological polar surface area (TPSA) is 77.2 Å². The van der Waals surface area contributed by atoms with Gasteiger partial charge in [0.25, 0.3) is 0 Å². The van der Waals surface area contributed by atoms with E-state index in [1.165, 1.54) is 12.3 Å². The number of carboxylic acid groups (broad SMARTS) is 1. The molecule has 2 rings (SSSR count). The number of hydrogen-bond acceptors (Lipinski definition) is 4. The Hall–Kier alpha value is -2.37. The molecule has 0 atom stereocenters. The van der Waals surface area contributed by atoms with E-state index in [9.17, 15) is 4.79 Å². The molecule has 0 unspecified atom stereocenters. The molecule has 0 spiro atoms. The van der Waals surface area contributed by atoms with Gasteiger partial charge in [-0.05, 0) is 32.0 Å². The smallest absolute Gasteiger partial charge is 0.354 e. The van der Waals surface area contributed by atoms with E-state index >= 15 is 0 Å². The van der Waals surface area contributed by atoms with Crippen LogP contribution in [0, 0.1) is 6.92 Å². The molecule has 100 valence electrons. The minimum absolute atomic E-state index is 0.00166. The molecule has 1 N–H and O–H groups in total. The molecule has 0 aromatic carbocycles. The van der Waals surface area contributed by atoms with E-state index in [0.717, 1.165) is 17.9 Å². The first-order valence-electron chi connectivity index (χ1n) is 5.95. The number of ether oxygens (including phenoxy) is 1. The van der Waals surface area contributed by atoms with Crippen LogP contribution in [-0.4, -0.2) is 25.8 Å². The van der Waals surface area contributed by atoms with E-state index < -0.39 is 5.97 Å². The van der Waals surface area contributed by atoms with E-state index in [0.29, 0.717) is 12.4 Å². The molecule has 0 bridgehead atoms. The lowest BCUT2D eigenvalue weighted by Crippen LogP contribution is -2.06.